The first-order chi connectivity index (χ1) is 16.8. The molecule has 0 amide bonds. The SMILES string of the molecule is CC(=O)OCC(=O)[C@@]1(OC(C)=O)C(C)C[C@H]2[C@@H]3CC=C4C=C(OC(C)=O)CC[C@]4(C)[C@]34OC4C[C@@]21C. The number of Topliss-reactive ketones (excluding diaryl/α,β-unsaturated/α-hetero) is 1. The number of carbonyl (C=O) groups is 4. The quantitative estimate of drug-likeness (QED) is 0.318. The van der Waals surface area contributed by atoms with Crippen LogP contribution in [0.2, 0.25) is 0 Å². The van der Waals surface area contributed by atoms with Gasteiger partial charge < -0.3 is 18.9 Å². The number of rotatable bonds is 5. The van der Waals surface area contributed by atoms with E-state index in [1.54, 1.807) is 0 Å². The molecular formula is C28H36O8. The van der Waals surface area contributed by atoms with Crippen LogP contribution in [0.4, 0.5) is 0 Å². The molecule has 0 aromatic carbocycles. The van der Waals surface area contributed by atoms with Gasteiger partial charge in [0.1, 0.15) is 11.4 Å². The average molecular weight is 501 g/mol. The summed E-state index contributed by atoms with van der Waals surface area (Å²) in [7, 11) is 0. The third-order valence-electron chi connectivity index (χ3n) is 10.1. The van der Waals surface area contributed by atoms with E-state index in [1.807, 2.05) is 13.0 Å². The summed E-state index contributed by atoms with van der Waals surface area (Å²) in [5, 5.41) is 0. The molecule has 1 heterocycles. The van der Waals surface area contributed by atoms with Crippen LogP contribution in [0, 0.1) is 28.6 Å². The van der Waals surface area contributed by atoms with Gasteiger partial charge in [0.15, 0.2) is 12.2 Å². The molecule has 3 fully saturated rings. The molecule has 0 radical (unpaired) electrons. The first-order valence-corrected chi connectivity index (χ1v) is 13.0. The number of fused-ring (bicyclic) bond motifs is 3. The third-order valence-corrected chi connectivity index (χ3v) is 10.1. The lowest BCUT2D eigenvalue weighted by atomic mass is 9.47. The lowest BCUT2D eigenvalue weighted by Gasteiger charge is -2.56. The van der Waals surface area contributed by atoms with Crippen molar-refractivity contribution in [3.05, 3.63) is 23.5 Å². The molecule has 8 nitrogen and oxygen atoms in total. The monoisotopic (exact) mass is 500 g/mol. The molecule has 2 saturated carbocycles. The van der Waals surface area contributed by atoms with Crippen molar-refractivity contribution in [1.82, 2.24) is 0 Å². The molecule has 8 atom stereocenters. The Morgan fingerprint density at radius 3 is 2.42 bits per heavy atom. The standard InChI is InChI=1S/C28H36O8/c1-15-11-22-21-8-7-19-12-20(34-17(3)30)9-10-25(19,5)28(21)24(36-28)13-26(22,6)27(15,35-18(4)31)23(32)14-33-16(2)29/h7,12,15,21-22,24H,8-11,13-14H2,1-6H3/t15?,21-,22-,24?,25-,26-,27-,28-/m0/s1. The van der Waals surface area contributed by atoms with E-state index < -0.39 is 29.6 Å². The fraction of sp³-hybridized carbons (Fsp3) is 0.714. The van der Waals surface area contributed by atoms with Gasteiger partial charge >= 0.3 is 17.9 Å². The Kier molecular flexibility index (Phi) is 5.60. The Morgan fingerprint density at radius 1 is 1.06 bits per heavy atom. The van der Waals surface area contributed by atoms with Crippen LogP contribution in [-0.4, -0.2) is 47.6 Å². The fourth-order valence-electron chi connectivity index (χ4n) is 8.71. The molecule has 1 aliphatic heterocycles. The van der Waals surface area contributed by atoms with Gasteiger partial charge in [-0.15, -0.1) is 0 Å². The summed E-state index contributed by atoms with van der Waals surface area (Å²) in [6.45, 7) is 9.87. The molecule has 1 saturated heterocycles. The van der Waals surface area contributed by atoms with Gasteiger partial charge in [-0.1, -0.05) is 26.8 Å². The summed E-state index contributed by atoms with van der Waals surface area (Å²) in [5.41, 5.74) is -1.47. The third kappa shape index (κ3) is 3.15. The molecule has 4 aliphatic carbocycles. The zero-order valence-electron chi connectivity index (χ0n) is 22.0. The highest BCUT2D eigenvalue weighted by molar-refractivity contribution is 5.93. The molecule has 5 aliphatic rings. The number of epoxide rings is 1. The van der Waals surface area contributed by atoms with Gasteiger partial charge in [0.2, 0.25) is 5.78 Å². The largest absolute Gasteiger partial charge is 0.458 e. The van der Waals surface area contributed by atoms with E-state index in [0.29, 0.717) is 25.0 Å². The van der Waals surface area contributed by atoms with Crippen molar-refractivity contribution in [3.63, 3.8) is 0 Å². The van der Waals surface area contributed by atoms with Gasteiger partial charge in [0.25, 0.3) is 0 Å². The van der Waals surface area contributed by atoms with Crippen LogP contribution < -0.4 is 0 Å². The van der Waals surface area contributed by atoms with Gasteiger partial charge in [-0.25, -0.2) is 0 Å². The van der Waals surface area contributed by atoms with Crippen molar-refractivity contribution in [2.45, 2.75) is 91.0 Å². The first-order valence-electron chi connectivity index (χ1n) is 13.0. The van der Waals surface area contributed by atoms with Crippen LogP contribution in [0.15, 0.2) is 23.5 Å². The molecular weight excluding hydrogens is 464 g/mol. The van der Waals surface area contributed by atoms with Crippen molar-refractivity contribution < 1.29 is 38.1 Å². The second-order valence-electron chi connectivity index (χ2n) is 11.8. The second-order valence-corrected chi connectivity index (χ2v) is 11.8. The van der Waals surface area contributed by atoms with E-state index in [4.69, 9.17) is 18.9 Å². The number of allylic oxidation sites excluding steroid dienone is 3. The zero-order chi connectivity index (χ0) is 26.3. The highest BCUT2D eigenvalue weighted by atomic mass is 16.6. The lowest BCUT2D eigenvalue weighted by molar-refractivity contribution is -0.193. The maximum Gasteiger partial charge on any atom is 0.307 e. The summed E-state index contributed by atoms with van der Waals surface area (Å²) in [6, 6.07) is 0. The predicted octanol–water partition coefficient (Wildman–Crippen LogP) is 3.82. The minimum absolute atomic E-state index is 0.0807. The van der Waals surface area contributed by atoms with Gasteiger partial charge in [0.05, 0.1) is 6.10 Å². The van der Waals surface area contributed by atoms with E-state index in [-0.39, 0.29) is 46.6 Å². The number of hydrogen-bond acceptors (Lipinski definition) is 8. The van der Waals surface area contributed by atoms with Gasteiger partial charge in [0, 0.05) is 43.9 Å². The highest BCUT2D eigenvalue weighted by Gasteiger charge is 2.82. The Morgan fingerprint density at radius 2 is 1.78 bits per heavy atom. The Labute approximate surface area is 211 Å². The van der Waals surface area contributed by atoms with Crippen LogP contribution in [0.1, 0.15) is 73.6 Å². The molecule has 0 aromatic rings. The summed E-state index contributed by atoms with van der Waals surface area (Å²) in [4.78, 5) is 49.1. The molecule has 1 spiro atoms. The van der Waals surface area contributed by atoms with Gasteiger partial charge in [-0.05, 0) is 49.2 Å². The van der Waals surface area contributed by atoms with Crippen molar-refractivity contribution in [1.29, 1.82) is 0 Å². The van der Waals surface area contributed by atoms with Crippen molar-refractivity contribution >= 4 is 23.7 Å². The Hall–Kier alpha value is -2.48. The highest BCUT2D eigenvalue weighted by Crippen LogP contribution is 2.77. The molecule has 0 bridgehead atoms. The van der Waals surface area contributed by atoms with Crippen LogP contribution >= 0.6 is 0 Å². The number of hydrogen-bond donors (Lipinski definition) is 0. The van der Waals surface area contributed by atoms with Crippen LogP contribution in [0.5, 0.6) is 0 Å². The fourth-order valence-corrected chi connectivity index (χ4v) is 8.71. The summed E-state index contributed by atoms with van der Waals surface area (Å²) < 4.78 is 23.2. The molecule has 8 heteroatoms. The van der Waals surface area contributed by atoms with Gasteiger partial charge in [-0.2, -0.15) is 0 Å². The smallest absolute Gasteiger partial charge is 0.307 e. The van der Waals surface area contributed by atoms with Crippen molar-refractivity contribution in [2.75, 3.05) is 6.61 Å². The first kappa shape index (κ1) is 25.2. The number of ether oxygens (including phenoxy) is 4. The van der Waals surface area contributed by atoms with E-state index in [2.05, 4.69) is 19.9 Å². The average Bonchev–Trinajstić information content (AvgIpc) is 3.45. The molecule has 36 heavy (non-hydrogen) atoms. The lowest BCUT2D eigenvalue weighted by Crippen LogP contribution is -2.63. The Balaban J connectivity index is 1.54. The maximum absolute atomic E-state index is 13.7. The zero-order valence-corrected chi connectivity index (χ0v) is 22.0. The van der Waals surface area contributed by atoms with Crippen LogP contribution in [-0.2, 0) is 38.1 Å². The number of esters is 3. The van der Waals surface area contributed by atoms with E-state index >= 15 is 0 Å². The summed E-state index contributed by atoms with van der Waals surface area (Å²) >= 11 is 0. The van der Waals surface area contributed by atoms with Crippen LogP contribution in [0.25, 0.3) is 0 Å². The normalized spacial score (nSPS) is 43.9. The van der Waals surface area contributed by atoms with E-state index in [9.17, 15) is 19.2 Å². The molecule has 5 rings (SSSR count). The second kappa shape index (κ2) is 8.01. The summed E-state index contributed by atoms with van der Waals surface area (Å²) in [5.74, 6) is -1.03. The predicted molar refractivity (Wildman–Crippen MR) is 127 cm³/mol. The minimum atomic E-state index is -1.38. The maximum atomic E-state index is 13.7. The van der Waals surface area contributed by atoms with Crippen LogP contribution in [0.3, 0.4) is 0 Å². The van der Waals surface area contributed by atoms with E-state index in [1.165, 1.54) is 20.8 Å². The van der Waals surface area contributed by atoms with Crippen molar-refractivity contribution in [2.24, 2.45) is 28.6 Å². The number of carbonyl (C=O) groups excluding carboxylic acids is 4. The van der Waals surface area contributed by atoms with Gasteiger partial charge in [-0.3, -0.25) is 19.2 Å². The Bertz CT molecular complexity index is 1100. The summed E-state index contributed by atoms with van der Waals surface area (Å²) in [6.07, 6.45) is 7.70. The van der Waals surface area contributed by atoms with E-state index in [0.717, 1.165) is 18.4 Å². The minimum Gasteiger partial charge on any atom is -0.458 e. The molecule has 0 aromatic heterocycles. The molecule has 2 unspecified atom stereocenters. The van der Waals surface area contributed by atoms with Crippen molar-refractivity contribution in [3.8, 4) is 0 Å². The molecule has 0 N–H and O–H groups in total. The number of ketones is 1. The topological polar surface area (TPSA) is 109 Å². The molecule has 196 valence electrons.